The minimum Gasteiger partial charge on any atom is -0.326 e. The molecule has 3 N–H and O–H groups in total. The first kappa shape index (κ1) is 15.6. The summed E-state index contributed by atoms with van der Waals surface area (Å²) in [7, 11) is -3.58. The second-order valence-electron chi connectivity index (χ2n) is 4.84. The van der Waals surface area contributed by atoms with Gasteiger partial charge in [-0.15, -0.1) is 0 Å². The first-order valence-corrected chi connectivity index (χ1v) is 8.13. The molecule has 0 aliphatic heterocycles. The smallest absolute Gasteiger partial charge is 0.241 e. The van der Waals surface area contributed by atoms with Gasteiger partial charge in [0, 0.05) is 12.2 Å². The van der Waals surface area contributed by atoms with Crippen LogP contribution in [0.25, 0.3) is 0 Å². The first-order chi connectivity index (χ1) is 9.94. The number of nitrogens with zero attached hydrogens (tertiary/aromatic N) is 1. The fourth-order valence-corrected chi connectivity index (χ4v) is 3.40. The van der Waals surface area contributed by atoms with E-state index in [1.807, 2.05) is 25.1 Å². The Balaban J connectivity index is 2.23. The van der Waals surface area contributed by atoms with Crippen molar-refractivity contribution in [2.75, 3.05) is 0 Å². The van der Waals surface area contributed by atoms with Crippen molar-refractivity contribution in [1.82, 2.24) is 9.71 Å². The average molecular weight is 305 g/mol. The highest BCUT2D eigenvalue weighted by molar-refractivity contribution is 7.89. The average Bonchev–Trinajstić information content (AvgIpc) is 2.45. The summed E-state index contributed by atoms with van der Waals surface area (Å²) >= 11 is 0. The van der Waals surface area contributed by atoms with Gasteiger partial charge < -0.3 is 5.73 Å². The first-order valence-electron chi connectivity index (χ1n) is 6.65. The molecule has 1 aromatic carbocycles. The van der Waals surface area contributed by atoms with Gasteiger partial charge in [-0.3, -0.25) is 4.98 Å². The summed E-state index contributed by atoms with van der Waals surface area (Å²) in [5, 5.41) is 0. The minimum atomic E-state index is -3.58. The minimum absolute atomic E-state index is 0.163. The van der Waals surface area contributed by atoms with Crippen molar-refractivity contribution in [2.45, 2.75) is 31.8 Å². The van der Waals surface area contributed by atoms with E-state index in [2.05, 4.69) is 9.71 Å². The summed E-state index contributed by atoms with van der Waals surface area (Å²) in [6, 6.07) is 10.6. The summed E-state index contributed by atoms with van der Waals surface area (Å²) in [6.45, 7) is 4.11. The Hall–Kier alpha value is -1.76. The van der Waals surface area contributed by atoms with E-state index in [9.17, 15) is 8.42 Å². The lowest BCUT2D eigenvalue weighted by Gasteiger charge is -2.12. The molecule has 21 heavy (non-hydrogen) atoms. The number of pyridine rings is 1. The molecule has 0 radical (unpaired) electrons. The van der Waals surface area contributed by atoms with Crippen molar-refractivity contribution in [2.24, 2.45) is 5.73 Å². The molecule has 6 heteroatoms. The zero-order valence-corrected chi connectivity index (χ0v) is 12.9. The number of benzene rings is 1. The van der Waals surface area contributed by atoms with Crippen LogP contribution in [0.15, 0.2) is 41.3 Å². The summed E-state index contributed by atoms with van der Waals surface area (Å²) in [5.41, 5.74) is 8.67. The molecule has 0 amide bonds. The Morgan fingerprint density at radius 1 is 1.14 bits per heavy atom. The molecule has 0 aliphatic rings. The molecular weight excluding hydrogens is 286 g/mol. The summed E-state index contributed by atoms with van der Waals surface area (Å²) in [6.07, 6.45) is 0. The number of rotatable bonds is 5. The number of hydrogen-bond donors (Lipinski definition) is 2. The fourth-order valence-electron chi connectivity index (χ4n) is 2.12. The fraction of sp³-hybridized carbons (Fsp3) is 0.267. The molecule has 112 valence electrons. The van der Waals surface area contributed by atoms with Crippen LogP contribution in [0.1, 0.15) is 22.5 Å². The van der Waals surface area contributed by atoms with Crippen LogP contribution >= 0.6 is 0 Å². The SMILES string of the molecule is Cc1cccc(CNS(=O)(=O)c2cccc(CN)c2C)n1. The molecule has 0 aliphatic carbocycles. The highest BCUT2D eigenvalue weighted by Gasteiger charge is 2.17. The van der Waals surface area contributed by atoms with Gasteiger partial charge in [0.15, 0.2) is 0 Å². The highest BCUT2D eigenvalue weighted by Crippen LogP contribution is 2.18. The molecule has 0 unspecified atom stereocenters. The molecule has 0 saturated heterocycles. The molecule has 1 heterocycles. The van der Waals surface area contributed by atoms with E-state index in [1.165, 1.54) is 0 Å². The van der Waals surface area contributed by atoms with E-state index in [0.717, 1.165) is 11.3 Å². The molecule has 1 aromatic heterocycles. The van der Waals surface area contributed by atoms with Gasteiger partial charge in [-0.05, 0) is 43.2 Å². The largest absolute Gasteiger partial charge is 0.326 e. The van der Waals surface area contributed by atoms with Crippen molar-refractivity contribution < 1.29 is 8.42 Å². The molecule has 0 spiro atoms. The van der Waals surface area contributed by atoms with Crippen LogP contribution in [0.4, 0.5) is 0 Å². The predicted octanol–water partition coefficient (Wildman–Crippen LogP) is 1.64. The number of sulfonamides is 1. The Bertz CT molecular complexity index is 742. The summed E-state index contributed by atoms with van der Waals surface area (Å²) in [4.78, 5) is 4.54. The third kappa shape index (κ3) is 3.66. The van der Waals surface area contributed by atoms with Gasteiger partial charge in [0.05, 0.1) is 17.1 Å². The van der Waals surface area contributed by atoms with Gasteiger partial charge in [-0.25, -0.2) is 13.1 Å². The van der Waals surface area contributed by atoms with Gasteiger partial charge in [0.1, 0.15) is 0 Å². The van der Waals surface area contributed by atoms with Crippen LogP contribution in [0.5, 0.6) is 0 Å². The number of nitrogens with two attached hydrogens (primary N) is 1. The number of nitrogens with one attached hydrogen (secondary N) is 1. The van der Waals surface area contributed by atoms with Crippen molar-refractivity contribution in [3.05, 3.63) is 58.9 Å². The van der Waals surface area contributed by atoms with E-state index in [0.29, 0.717) is 17.8 Å². The second-order valence-corrected chi connectivity index (χ2v) is 6.57. The summed E-state index contributed by atoms with van der Waals surface area (Å²) < 4.78 is 27.4. The molecule has 0 fully saturated rings. The predicted molar refractivity (Wildman–Crippen MR) is 82.1 cm³/mol. The maximum absolute atomic E-state index is 12.4. The van der Waals surface area contributed by atoms with Crippen LogP contribution in [0.3, 0.4) is 0 Å². The maximum Gasteiger partial charge on any atom is 0.241 e. The standard InChI is InChI=1S/C15H19N3O2S/c1-11-5-3-7-14(18-11)10-17-21(19,20)15-8-4-6-13(9-16)12(15)2/h3-8,17H,9-10,16H2,1-2H3. The lowest BCUT2D eigenvalue weighted by Crippen LogP contribution is -2.25. The number of aromatic nitrogens is 1. The molecule has 2 rings (SSSR count). The van der Waals surface area contributed by atoms with Crippen molar-refractivity contribution >= 4 is 10.0 Å². The van der Waals surface area contributed by atoms with E-state index < -0.39 is 10.0 Å². The lowest BCUT2D eigenvalue weighted by molar-refractivity contribution is 0.579. The maximum atomic E-state index is 12.4. The molecule has 0 saturated carbocycles. The Kier molecular flexibility index (Phi) is 4.72. The third-order valence-corrected chi connectivity index (χ3v) is 4.84. The van der Waals surface area contributed by atoms with E-state index in [1.54, 1.807) is 25.1 Å². The molecule has 5 nitrogen and oxygen atoms in total. The Morgan fingerprint density at radius 3 is 2.52 bits per heavy atom. The van der Waals surface area contributed by atoms with Gasteiger partial charge >= 0.3 is 0 Å². The molecule has 2 aromatic rings. The topological polar surface area (TPSA) is 85.1 Å². The highest BCUT2D eigenvalue weighted by atomic mass is 32.2. The van der Waals surface area contributed by atoms with E-state index in [-0.39, 0.29) is 11.4 Å². The van der Waals surface area contributed by atoms with E-state index in [4.69, 9.17) is 5.73 Å². The van der Waals surface area contributed by atoms with Crippen LogP contribution in [0, 0.1) is 13.8 Å². The van der Waals surface area contributed by atoms with Crippen LogP contribution in [-0.2, 0) is 23.1 Å². The molecule has 0 atom stereocenters. The van der Waals surface area contributed by atoms with Crippen LogP contribution in [0.2, 0.25) is 0 Å². The second kappa shape index (κ2) is 6.34. The lowest BCUT2D eigenvalue weighted by atomic mass is 10.1. The number of aryl methyl sites for hydroxylation is 1. The van der Waals surface area contributed by atoms with Gasteiger partial charge in [0.2, 0.25) is 10.0 Å². The Labute approximate surface area is 125 Å². The van der Waals surface area contributed by atoms with Crippen LogP contribution in [-0.4, -0.2) is 13.4 Å². The Morgan fingerprint density at radius 2 is 1.86 bits per heavy atom. The van der Waals surface area contributed by atoms with Crippen molar-refractivity contribution in [3.63, 3.8) is 0 Å². The van der Waals surface area contributed by atoms with Gasteiger partial charge in [0.25, 0.3) is 0 Å². The third-order valence-electron chi connectivity index (χ3n) is 3.30. The molecule has 0 bridgehead atoms. The van der Waals surface area contributed by atoms with Gasteiger partial charge in [-0.1, -0.05) is 18.2 Å². The summed E-state index contributed by atoms with van der Waals surface area (Å²) in [5.74, 6) is 0. The van der Waals surface area contributed by atoms with Crippen LogP contribution < -0.4 is 10.5 Å². The zero-order valence-electron chi connectivity index (χ0n) is 12.1. The quantitative estimate of drug-likeness (QED) is 0.879. The molecular formula is C15H19N3O2S. The van der Waals surface area contributed by atoms with Gasteiger partial charge in [-0.2, -0.15) is 0 Å². The van der Waals surface area contributed by atoms with E-state index >= 15 is 0 Å². The van der Waals surface area contributed by atoms with Crippen molar-refractivity contribution in [3.8, 4) is 0 Å². The van der Waals surface area contributed by atoms with Crippen molar-refractivity contribution in [1.29, 1.82) is 0 Å². The zero-order chi connectivity index (χ0) is 15.5. The normalized spacial score (nSPS) is 11.6. The monoisotopic (exact) mass is 305 g/mol. The number of hydrogen-bond acceptors (Lipinski definition) is 4.